The van der Waals surface area contributed by atoms with Gasteiger partial charge in [0.2, 0.25) is 0 Å². The number of ether oxygens (including phenoxy) is 4. The number of likely N-dealkylation sites (tertiary alicyclic amines) is 1. The van der Waals surface area contributed by atoms with Crippen LogP contribution < -0.4 is 14.2 Å². The Morgan fingerprint density at radius 3 is 2.31 bits per heavy atom. The summed E-state index contributed by atoms with van der Waals surface area (Å²) in [5.41, 5.74) is 3.35. The molecule has 188 valence electrons. The fraction of sp³-hybridized carbons (Fsp3) is 0.481. The maximum Gasteiger partial charge on any atom is 0.161 e. The van der Waals surface area contributed by atoms with Crippen molar-refractivity contribution in [2.24, 2.45) is 0 Å². The number of rotatable bonds is 11. The standard InChI is InChI=1S/C27H36N4O4/c1-21-5-7-24(22(2)15-21)35-18-27(33-4)9-11-30(12-10-27)17-23-6-8-25(26(16-23)32-3)34-14-13-31-19-28-29-20-31/h5-8,15-16,19-20H,9-14,17-18H2,1-4H3. The predicted octanol–water partition coefficient (Wildman–Crippen LogP) is 4.04. The molecule has 1 aliphatic heterocycles. The van der Waals surface area contributed by atoms with Gasteiger partial charge in [-0.05, 0) is 56.0 Å². The molecular formula is C27H36N4O4. The normalized spacial score (nSPS) is 15.7. The molecule has 0 atom stereocenters. The Bertz CT molecular complexity index is 1080. The number of aromatic nitrogens is 3. The highest BCUT2D eigenvalue weighted by Gasteiger charge is 2.35. The van der Waals surface area contributed by atoms with Gasteiger partial charge in [-0.25, -0.2) is 0 Å². The van der Waals surface area contributed by atoms with E-state index >= 15 is 0 Å². The summed E-state index contributed by atoms with van der Waals surface area (Å²) in [6, 6.07) is 12.5. The second-order valence-electron chi connectivity index (χ2n) is 9.25. The summed E-state index contributed by atoms with van der Waals surface area (Å²) < 4.78 is 25.6. The van der Waals surface area contributed by atoms with Crippen molar-refractivity contribution in [1.29, 1.82) is 0 Å². The molecule has 1 saturated heterocycles. The van der Waals surface area contributed by atoms with Crippen molar-refractivity contribution in [2.45, 2.75) is 45.4 Å². The molecule has 3 aromatic rings. The van der Waals surface area contributed by atoms with E-state index in [1.807, 2.05) is 10.6 Å². The van der Waals surface area contributed by atoms with Gasteiger partial charge in [-0.3, -0.25) is 4.90 Å². The van der Waals surface area contributed by atoms with Crippen LogP contribution in [-0.4, -0.2) is 65.8 Å². The van der Waals surface area contributed by atoms with Crippen LogP contribution in [0, 0.1) is 13.8 Å². The molecule has 0 unspecified atom stereocenters. The molecule has 2 aromatic carbocycles. The summed E-state index contributed by atoms with van der Waals surface area (Å²) >= 11 is 0. The third-order valence-corrected chi connectivity index (χ3v) is 6.73. The highest BCUT2D eigenvalue weighted by Crippen LogP contribution is 2.31. The van der Waals surface area contributed by atoms with Crippen molar-refractivity contribution >= 4 is 0 Å². The molecule has 0 bridgehead atoms. The number of benzene rings is 2. The van der Waals surface area contributed by atoms with Crippen LogP contribution in [0.2, 0.25) is 0 Å². The first-order valence-corrected chi connectivity index (χ1v) is 12.1. The van der Waals surface area contributed by atoms with Gasteiger partial charge in [0.15, 0.2) is 11.5 Å². The monoisotopic (exact) mass is 480 g/mol. The minimum atomic E-state index is -0.256. The smallest absolute Gasteiger partial charge is 0.161 e. The average molecular weight is 481 g/mol. The van der Waals surface area contributed by atoms with E-state index in [4.69, 9.17) is 18.9 Å². The highest BCUT2D eigenvalue weighted by atomic mass is 16.5. The Kier molecular flexibility index (Phi) is 8.25. The Morgan fingerprint density at radius 2 is 1.63 bits per heavy atom. The highest BCUT2D eigenvalue weighted by molar-refractivity contribution is 5.43. The third-order valence-electron chi connectivity index (χ3n) is 6.73. The molecule has 1 fully saturated rings. The largest absolute Gasteiger partial charge is 0.493 e. The predicted molar refractivity (Wildman–Crippen MR) is 134 cm³/mol. The van der Waals surface area contributed by atoms with E-state index in [1.54, 1.807) is 26.9 Å². The Labute approximate surface area is 207 Å². The number of hydrogen-bond donors (Lipinski definition) is 0. The minimum Gasteiger partial charge on any atom is -0.493 e. The Morgan fingerprint density at radius 1 is 0.886 bits per heavy atom. The van der Waals surface area contributed by atoms with E-state index in [2.05, 4.69) is 59.3 Å². The summed E-state index contributed by atoms with van der Waals surface area (Å²) in [5, 5.41) is 7.61. The molecule has 0 radical (unpaired) electrons. The lowest BCUT2D eigenvalue weighted by Crippen LogP contribution is -2.48. The van der Waals surface area contributed by atoms with E-state index in [9.17, 15) is 0 Å². The molecule has 0 aliphatic carbocycles. The molecule has 4 rings (SSSR count). The molecule has 2 heterocycles. The van der Waals surface area contributed by atoms with Crippen molar-refractivity contribution in [2.75, 3.05) is 40.5 Å². The van der Waals surface area contributed by atoms with Gasteiger partial charge < -0.3 is 23.5 Å². The lowest BCUT2D eigenvalue weighted by Gasteiger charge is -2.40. The van der Waals surface area contributed by atoms with Gasteiger partial charge in [-0.2, -0.15) is 0 Å². The lowest BCUT2D eigenvalue weighted by atomic mass is 9.91. The summed E-state index contributed by atoms with van der Waals surface area (Å²) in [7, 11) is 3.48. The van der Waals surface area contributed by atoms with Gasteiger partial charge >= 0.3 is 0 Å². The summed E-state index contributed by atoms with van der Waals surface area (Å²) in [6.45, 7) is 8.70. The van der Waals surface area contributed by atoms with Gasteiger partial charge in [0.1, 0.15) is 37.2 Å². The molecular weight excluding hydrogens is 444 g/mol. The van der Waals surface area contributed by atoms with Crippen molar-refractivity contribution in [3.8, 4) is 17.2 Å². The van der Waals surface area contributed by atoms with E-state index in [1.165, 1.54) is 11.1 Å². The molecule has 0 saturated carbocycles. The van der Waals surface area contributed by atoms with Crippen LogP contribution >= 0.6 is 0 Å². The number of hydrogen-bond acceptors (Lipinski definition) is 7. The first kappa shape index (κ1) is 25.0. The SMILES string of the molecule is COc1cc(CN2CCC(COc3ccc(C)cc3C)(OC)CC2)ccc1OCCn1cnnc1. The van der Waals surface area contributed by atoms with Crippen LogP contribution in [0.15, 0.2) is 49.1 Å². The molecule has 1 aromatic heterocycles. The topological polar surface area (TPSA) is 70.9 Å². The van der Waals surface area contributed by atoms with E-state index in [0.29, 0.717) is 19.8 Å². The Balaban J connectivity index is 1.29. The van der Waals surface area contributed by atoms with Gasteiger partial charge in [0.05, 0.1) is 13.7 Å². The third kappa shape index (κ3) is 6.52. The van der Waals surface area contributed by atoms with Gasteiger partial charge in [-0.15, -0.1) is 10.2 Å². The molecule has 0 spiro atoms. The number of nitrogens with zero attached hydrogens (tertiary/aromatic N) is 4. The first-order chi connectivity index (χ1) is 17.0. The van der Waals surface area contributed by atoms with Crippen molar-refractivity contribution in [3.05, 3.63) is 65.7 Å². The van der Waals surface area contributed by atoms with Crippen molar-refractivity contribution in [1.82, 2.24) is 19.7 Å². The molecule has 1 aliphatic rings. The maximum atomic E-state index is 6.20. The van der Waals surface area contributed by atoms with E-state index in [0.717, 1.165) is 55.3 Å². The molecule has 0 N–H and O–H groups in total. The fourth-order valence-electron chi connectivity index (χ4n) is 4.48. The second kappa shape index (κ2) is 11.6. The lowest BCUT2D eigenvalue weighted by molar-refractivity contribution is -0.0840. The molecule has 35 heavy (non-hydrogen) atoms. The zero-order valence-corrected chi connectivity index (χ0v) is 21.2. The first-order valence-electron chi connectivity index (χ1n) is 12.1. The van der Waals surface area contributed by atoms with Crippen molar-refractivity contribution < 1.29 is 18.9 Å². The minimum absolute atomic E-state index is 0.256. The van der Waals surface area contributed by atoms with Gasteiger partial charge in [-0.1, -0.05) is 23.8 Å². The maximum absolute atomic E-state index is 6.20. The van der Waals surface area contributed by atoms with E-state index in [-0.39, 0.29) is 5.60 Å². The number of aryl methyl sites for hydroxylation is 2. The number of piperidine rings is 1. The van der Waals surface area contributed by atoms with Crippen LogP contribution in [0.5, 0.6) is 17.2 Å². The second-order valence-corrected chi connectivity index (χ2v) is 9.25. The molecule has 8 nitrogen and oxygen atoms in total. The zero-order valence-electron chi connectivity index (χ0n) is 21.2. The number of methoxy groups -OCH3 is 2. The fourth-order valence-corrected chi connectivity index (χ4v) is 4.48. The van der Waals surface area contributed by atoms with Crippen LogP contribution in [0.1, 0.15) is 29.5 Å². The molecule has 8 heteroatoms. The van der Waals surface area contributed by atoms with Gasteiger partial charge in [0.25, 0.3) is 0 Å². The van der Waals surface area contributed by atoms with Gasteiger partial charge in [0, 0.05) is 26.7 Å². The van der Waals surface area contributed by atoms with Crippen LogP contribution in [0.4, 0.5) is 0 Å². The summed E-state index contributed by atoms with van der Waals surface area (Å²) in [5.74, 6) is 2.42. The van der Waals surface area contributed by atoms with Crippen LogP contribution in [-0.2, 0) is 17.8 Å². The van der Waals surface area contributed by atoms with Crippen LogP contribution in [0.25, 0.3) is 0 Å². The van der Waals surface area contributed by atoms with Crippen molar-refractivity contribution in [3.63, 3.8) is 0 Å². The quantitative estimate of drug-likeness (QED) is 0.410. The Hall–Kier alpha value is -3.10. The zero-order chi connectivity index (χ0) is 24.7. The average Bonchev–Trinajstić information content (AvgIpc) is 3.39. The summed E-state index contributed by atoms with van der Waals surface area (Å²) in [6.07, 6.45) is 5.21. The van der Waals surface area contributed by atoms with Crippen LogP contribution in [0.3, 0.4) is 0 Å². The summed E-state index contributed by atoms with van der Waals surface area (Å²) in [4.78, 5) is 2.45. The van der Waals surface area contributed by atoms with E-state index < -0.39 is 0 Å². The molecule has 0 amide bonds.